The van der Waals surface area contributed by atoms with Crippen molar-refractivity contribution < 1.29 is 14.3 Å². The van der Waals surface area contributed by atoms with Crippen LogP contribution >= 0.6 is 27.3 Å². The zero-order valence-corrected chi connectivity index (χ0v) is 13.1. The van der Waals surface area contributed by atoms with E-state index >= 15 is 0 Å². The first kappa shape index (κ1) is 14.0. The van der Waals surface area contributed by atoms with Crippen LogP contribution < -0.4 is 9.47 Å². The summed E-state index contributed by atoms with van der Waals surface area (Å²) in [5, 5.41) is 0. The number of ketones is 1. The summed E-state index contributed by atoms with van der Waals surface area (Å²) < 4.78 is 11.1. The van der Waals surface area contributed by atoms with E-state index in [0.29, 0.717) is 26.4 Å². The number of hydrogen-bond donors (Lipinski definition) is 0. The second-order valence-electron chi connectivity index (χ2n) is 3.76. The summed E-state index contributed by atoms with van der Waals surface area (Å²) in [6, 6.07) is 3.43. The Balaban J connectivity index is 2.54. The molecule has 0 aliphatic rings. The Labute approximate surface area is 123 Å². The molecule has 0 fully saturated rings. The van der Waals surface area contributed by atoms with Crippen LogP contribution in [0.3, 0.4) is 0 Å². The number of aromatic nitrogens is 1. The van der Waals surface area contributed by atoms with Crippen molar-refractivity contribution in [3.05, 3.63) is 38.3 Å². The number of nitrogens with zero attached hydrogens (tertiary/aromatic N) is 1. The van der Waals surface area contributed by atoms with Gasteiger partial charge in [-0.15, -0.1) is 11.3 Å². The molecule has 0 bridgehead atoms. The summed E-state index contributed by atoms with van der Waals surface area (Å²) in [4.78, 5) is 17.2. The lowest BCUT2D eigenvalue weighted by Gasteiger charge is -2.12. The molecule has 2 rings (SSSR count). The van der Waals surface area contributed by atoms with E-state index in [0.717, 1.165) is 5.69 Å². The molecule has 19 heavy (non-hydrogen) atoms. The third-order valence-corrected chi connectivity index (χ3v) is 4.36. The molecule has 0 saturated heterocycles. The molecule has 4 nitrogen and oxygen atoms in total. The van der Waals surface area contributed by atoms with Gasteiger partial charge in [0.1, 0.15) is 16.0 Å². The molecule has 1 aromatic carbocycles. The van der Waals surface area contributed by atoms with Crippen LogP contribution in [0, 0.1) is 6.92 Å². The maximum Gasteiger partial charge on any atom is 0.208 e. The molecule has 0 N–H and O–H groups in total. The molecule has 0 amide bonds. The lowest BCUT2D eigenvalue weighted by atomic mass is 10.1. The Morgan fingerprint density at radius 3 is 2.58 bits per heavy atom. The Morgan fingerprint density at radius 2 is 2.05 bits per heavy atom. The van der Waals surface area contributed by atoms with Crippen LogP contribution in [0.2, 0.25) is 0 Å². The van der Waals surface area contributed by atoms with E-state index in [9.17, 15) is 4.79 Å². The number of carbonyl (C=O) groups excluding carboxylic acids is 1. The van der Waals surface area contributed by atoms with Gasteiger partial charge in [-0.25, -0.2) is 4.98 Å². The van der Waals surface area contributed by atoms with Crippen molar-refractivity contribution in [1.82, 2.24) is 4.98 Å². The van der Waals surface area contributed by atoms with E-state index in [2.05, 4.69) is 20.9 Å². The molecule has 100 valence electrons. The zero-order chi connectivity index (χ0) is 14.0. The van der Waals surface area contributed by atoms with E-state index in [4.69, 9.17) is 9.47 Å². The molecule has 0 saturated carbocycles. The fourth-order valence-corrected chi connectivity index (χ4v) is 3.14. The van der Waals surface area contributed by atoms with Crippen molar-refractivity contribution in [3.8, 4) is 11.5 Å². The van der Waals surface area contributed by atoms with Crippen LogP contribution in [0.5, 0.6) is 11.5 Å². The highest BCUT2D eigenvalue weighted by Gasteiger charge is 2.21. The number of thiazole rings is 1. The monoisotopic (exact) mass is 341 g/mol. The predicted octanol–water partition coefficient (Wildman–Crippen LogP) is 3.46. The quantitative estimate of drug-likeness (QED) is 0.799. The van der Waals surface area contributed by atoms with Crippen molar-refractivity contribution in [2.75, 3.05) is 14.2 Å². The lowest BCUT2D eigenvalue weighted by molar-refractivity contribution is 0.103. The maximum atomic E-state index is 12.5. The number of carbonyl (C=O) groups is 1. The van der Waals surface area contributed by atoms with Gasteiger partial charge in [0.05, 0.1) is 35.9 Å². The summed E-state index contributed by atoms with van der Waals surface area (Å²) in [5.74, 6) is 0.992. The molecule has 2 aromatic rings. The highest BCUT2D eigenvalue weighted by molar-refractivity contribution is 9.10. The zero-order valence-electron chi connectivity index (χ0n) is 10.7. The van der Waals surface area contributed by atoms with Gasteiger partial charge >= 0.3 is 0 Å². The number of benzene rings is 1. The molecular formula is C13H12BrNO3S. The van der Waals surface area contributed by atoms with E-state index in [1.807, 2.05) is 6.92 Å². The fourth-order valence-electron chi connectivity index (χ4n) is 1.72. The lowest BCUT2D eigenvalue weighted by Crippen LogP contribution is -2.05. The molecule has 0 aliphatic heterocycles. The first-order chi connectivity index (χ1) is 9.10. The van der Waals surface area contributed by atoms with Crippen LogP contribution in [-0.4, -0.2) is 25.0 Å². The summed E-state index contributed by atoms with van der Waals surface area (Å²) >= 11 is 4.71. The average Bonchev–Trinajstić information content (AvgIpc) is 2.83. The van der Waals surface area contributed by atoms with Gasteiger partial charge in [-0.1, -0.05) is 0 Å². The molecule has 0 spiro atoms. The average molecular weight is 342 g/mol. The predicted molar refractivity (Wildman–Crippen MR) is 77.5 cm³/mol. The third kappa shape index (κ3) is 2.50. The van der Waals surface area contributed by atoms with Crippen LogP contribution in [0.15, 0.2) is 22.1 Å². The Kier molecular flexibility index (Phi) is 4.21. The van der Waals surface area contributed by atoms with Gasteiger partial charge in [-0.05, 0) is 35.0 Å². The van der Waals surface area contributed by atoms with E-state index in [-0.39, 0.29) is 5.78 Å². The number of halogens is 1. The van der Waals surface area contributed by atoms with Crippen molar-refractivity contribution in [3.63, 3.8) is 0 Å². The fraction of sp³-hybridized carbons (Fsp3) is 0.231. The topological polar surface area (TPSA) is 48.4 Å². The van der Waals surface area contributed by atoms with Crippen molar-refractivity contribution >= 4 is 33.0 Å². The van der Waals surface area contributed by atoms with E-state index in [1.54, 1.807) is 24.8 Å². The largest absolute Gasteiger partial charge is 0.495 e. The number of hydrogen-bond acceptors (Lipinski definition) is 5. The van der Waals surface area contributed by atoms with Crippen molar-refractivity contribution in [2.45, 2.75) is 6.92 Å². The smallest absolute Gasteiger partial charge is 0.208 e. The summed E-state index contributed by atoms with van der Waals surface area (Å²) in [5.41, 5.74) is 2.87. The SMILES string of the molecule is COc1ccc(C(=O)c2scnc2C)c(OC)c1Br. The number of rotatable bonds is 4. The van der Waals surface area contributed by atoms with Crippen molar-refractivity contribution in [1.29, 1.82) is 0 Å². The summed E-state index contributed by atoms with van der Waals surface area (Å²) in [6.07, 6.45) is 0. The van der Waals surface area contributed by atoms with Crippen molar-refractivity contribution in [2.24, 2.45) is 0 Å². The van der Waals surface area contributed by atoms with E-state index < -0.39 is 0 Å². The minimum absolute atomic E-state index is 0.0970. The summed E-state index contributed by atoms with van der Waals surface area (Å²) in [6.45, 7) is 1.81. The first-order valence-corrected chi connectivity index (χ1v) is 7.12. The van der Waals surface area contributed by atoms with Crippen LogP contribution in [0.1, 0.15) is 20.9 Å². The van der Waals surface area contributed by atoms with Gasteiger partial charge in [-0.2, -0.15) is 0 Å². The molecule has 6 heteroatoms. The second-order valence-corrected chi connectivity index (χ2v) is 5.41. The van der Waals surface area contributed by atoms with E-state index in [1.165, 1.54) is 18.4 Å². The summed E-state index contributed by atoms with van der Waals surface area (Å²) in [7, 11) is 3.09. The molecule has 0 aliphatic carbocycles. The Bertz CT molecular complexity index is 624. The number of aryl methyl sites for hydroxylation is 1. The van der Waals surface area contributed by atoms with Gasteiger partial charge in [-0.3, -0.25) is 4.79 Å². The van der Waals surface area contributed by atoms with Crippen LogP contribution in [-0.2, 0) is 0 Å². The van der Waals surface area contributed by atoms with Gasteiger partial charge in [0.2, 0.25) is 5.78 Å². The molecule has 0 radical (unpaired) electrons. The third-order valence-electron chi connectivity index (χ3n) is 2.68. The molecule has 0 unspecified atom stereocenters. The minimum atomic E-state index is -0.0970. The number of ether oxygens (including phenoxy) is 2. The highest BCUT2D eigenvalue weighted by atomic mass is 79.9. The standard InChI is InChI=1S/C13H12BrNO3S/c1-7-13(19-6-15-7)11(16)8-4-5-9(17-2)10(14)12(8)18-3/h4-6H,1-3H3. The van der Waals surface area contributed by atoms with Crippen LogP contribution in [0.25, 0.3) is 0 Å². The van der Waals surface area contributed by atoms with Crippen LogP contribution in [0.4, 0.5) is 0 Å². The first-order valence-electron chi connectivity index (χ1n) is 5.45. The van der Waals surface area contributed by atoms with Gasteiger partial charge in [0, 0.05) is 0 Å². The Hall–Kier alpha value is -1.40. The molecule has 0 atom stereocenters. The second kappa shape index (κ2) is 5.71. The molecule has 1 aromatic heterocycles. The Morgan fingerprint density at radius 1 is 1.32 bits per heavy atom. The number of methoxy groups -OCH3 is 2. The minimum Gasteiger partial charge on any atom is -0.495 e. The van der Waals surface area contributed by atoms with Gasteiger partial charge in [0.25, 0.3) is 0 Å². The van der Waals surface area contributed by atoms with Gasteiger partial charge in [0.15, 0.2) is 0 Å². The molecular weight excluding hydrogens is 330 g/mol. The molecule has 1 heterocycles. The maximum absolute atomic E-state index is 12.5. The highest BCUT2D eigenvalue weighted by Crippen LogP contribution is 2.38. The van der Waals surface area contributed by atoms with Gasteiger partial charge < -0.3 is 9.47 Å². The normalized spacial score (nSPS) is 10.3.